The first kappa shape index (κ1) is 20.5. The van der Waals surface area contributed by atoms with Gasteiger partial charge in [-0.25, -0.2) is 13.9 Å². The zero-order valence-electron chi connectivity index (χ0n) is 17.6. The topological polar surface area (TPSA) is 72.2 Å². The minimum atomic E-state index is -0.400. The maximum Gasteiger partial charge on any atom is 0.270 e. The van der Waals surface area contributed by atoms with Gasteiger partial charge in [-0.2, -0.15) is 5.10 Å². The summed E-state index contributed by atoms with van der Waals surface area (Å²) in [4.78, 5) is 21.7. The van der Waals surface area contributed by atoms with Gasteiger partial charge in [0.1, 0.15) is 11.5 Å². The van der Waals surface area contributed by atoms with Crippen molar-refractivity contribution in [3.63, 3.8) is 0 Å². The van der Waals surface area contributed by atoms with E-state index in [9.17, 15) is 9.18 Å². The van der Waals surface area contributed by atoms with Crippen molar-refractivity contribution in [2.75, 3.05) is 6.54 Å². The molecule has 0 saturated carbocycles. The molecule has 5 aromatic rings. The van der Waals surface area contributed by atoms with Crippen molar-refractivity contribution in [1.29, 1.82) is 0 Å². The van der Waals surface area contributed by atoms with E-state index in [0.29, 0.717) is 35.6 Å². The molecular weight excluding hydrogens is 417 g/mol. The number of nitrogens with one attached hydrogen (secondary N) is 1. The van der Waals surface area contributed by atoms with Crippen LogP contribution >= 0.6 is 0 Å². The number of halogens is 1. The Morgan fingerprint density at radius 1 is 0.939 bits per heavy atom. The minimum absolute atomic E-state index is 0.196. The lowest BCUT2D eigenvalue weighted by Crippen LogP contribution is -2.27. The second-order valence-electron chi connectivity index (χ2n) is 7.50. The van der Waals surface area contributed by atoms with E-state index in [4.69, 9.17) is 0 Å². The van der Waals surface area contributed by atoms with Crippen LogP contribution in [0.2, 0.25) is 0 Å². The Morgan fingerprint density at radius 2 is 1.73 bits per heavy atom. The Hall–Kier alpha value is -4.39. The number of fused-ring (bicyclic) bond motifs is 1. The molecule has 0 atom stereocenters. The van der Waals surface area contributed by atoms with Crippen LogP contribution in [0.3, 0.4) is 0 Å². The van der Waals surface area contributed by atoms with E-state index < -0.39 is 5.82 Å². The maximum atomic E-state index is 14.7. The highest BCUT2D eigenvalue weighted by molar-refractivity contribution is 5.94. The largest absolute Gasteiger partial charge is 0.350 e. The Labute approximate surface area is 189 Å². The lowest BCUT2D eigenvalue weighted by atomic mass is 10.1. The molecule has 1 amide bonds. The molecular formula is C26H20FN5O. The quantitative estimate of drug-likeness (QED) is 0.422. The number of carbonyl (C=O) groups is 1. The van der Waals surface area contributed by atoms with Crippen LogP contribution < -0.4 is 5.32 Å². The Bertz CT molecular complexity index is 1420. The Balaban J connectivity index is 1.52. The van der Waals surface area contributed by atoms with Crippen LogP contribution in [0.4, 0.5) is 4.39 Å². The standard InChI is InChI=1S/C26H20FN5O/c27-21-12-5-4-11-20(21)24-16-23(26(33)29-15-13-19-10-6-7-14-28-19)30-25-17-22(31-32(24)25)18-8-2-1-3-9-18/h1-12,14,16-17H,13,15H2,(H,29,33). The predicted molar refractivity (Wildman–Crippen MR) is 124 cm³/mol. The van der Waals surface area contributed by atoms with Crippen molar-refractivity contribution >= 4 is 11.6 Å². The average Bonchev–Trinajstić information content (AvgIpc) is 3.29. The normalized spacial score (nSPS) is 10.9. The number of hydrogen-bond acceptors (Lipinski definition) is 4. The summed E-state index contributed by atoms with van der Waals surface area (Å²) < 4.78 is 16.3. The first-order valence-electron chi connectivity index (χ1n) is 10.6. The van der Waals surface area contributed by atoms with E-state index in [2.05, 4.69) is 20.4 Å². The van der Waals surface area contributed by atoms with Crippen LogP contribution in [0.15, 0.2) is 91.1 Å². The summed E-state index contributed by atoms with van der Waals surface area (Å²) in [5.41, 5.74) is 3.94. The summed E-state index contributed by atoms with van der Waals surface area (Å²) in [5.74, 6) is -0.739. The number of nitrogens with zero attached hydrogens (tertiary/aromatic N) is 4. The molecule has 0 aliphatic carbocycles. The smallest absolute Gasteiger partial charge is 0.270 e. The van der Waals surface area contributed by atoms with E-state index in [1.807, 2.05) is 48.5 Å². The van der Waals surface area contributed by atoms with Crippen LogP contribution in [0.1, 0.15) is 16.2 Å². The van der Waals surface area contributed by atoms with Crippen molar-refractivity contribution in [3.8, 4) is 22.5 Å². The molecule has 0 spiro atoms. The van der Waals surface area contributed by atoms with E-state index in [-0.39, 0.29) is 11.6 Å². The fraction of sp³-hybridized carbons (Fsp3) is 0.0769. The molecule has 0 bridgehead atoms. The first-order chi connectivity index (χ1) is 16.2. The molecule has 1 N–H and O–H groups in total. The second kappa shape index (κ2) is 9.00. The SMILES string of the molecule is O=C(NCCc1ccccn1)c1cc(-c2ccccc2F)n2nc(-c3ccccc3)cc2n1. The molecule has 0 radical (unpaired) electrons. The van der Waals surface area contributed by atoms with Crippen molar-refractivity contribution < 1.29 is 9.18 Å². The fourth-order valence-corrected chi connectivity index (χ4v) is 3.64. The van der Waals surface area contributed by atoms with Gasteiger partial charge in [0.15, 0.2) is 5.65 Å². The molecule has 3 aromatic heterocycles. The van der Waals surface area contributed by atoms with Crippen LogP contribution in [-0.4, -0.2) is 32.0 Å². The number of rotatable bonds is 6. The van der Waals surface area contributed by atoms with Crippen molar-refractivity contribution in [1.82, 2.24) is 24.9 Å². The molecule has 6 nitrogen and oxygen atoms in total. The molecule has 0 aliphatic rings. The van der Waals surface area contributed by atoms with Crippen LogP contribution in [0, 0.1) is 5.82 Å². The maximum absolute atomic E-state index is 14.7. The monoisotopic (exact) mass is 437 g/mol. The van der Waals surface area contributed by atoms with Crippen molar-refractivity contribution in [3.05, 3.63) is 108 Å². The summed E-state index contributed by atoms with van der Waals surface area (Å²) in [5, 5.41) is 7.53. The van der Waals surface area contributed by atoms with E-state index in [0.717, 1.165) is 11.3 Å². The summed E-state index contributed by atoms with van der Waals surface area (Å²) >= 11 is 0. The number of amides is 1. The van der Waals surface area contributed by atoms with Gasteiger partial charge in [0.2, 0.25) is 0 Å². The summed E-state index contributed by atoms with van der Waals surface area (Å²) in [6.45, 7) is 0.409. The number of aromatic nitrogens is 4. The highest BCUT2D eigenvalue weighted by atomic mass is 19.1. The third kappa shape index (κ3) is 4.34. The van der Waals surface area contributed by atoms with Gasteiger partial charge in [-0.05, 0) is 30.3 Å². The van der Waals surface area contributed by atoms with E-state index in [1.165, 1.54) is 6.07 Å². The summed E-state index contributed by atoms with van der Waals surface area (Å²) in [6, 6.07) is 25.1. The summed E-state index contributed by atoms with van der Waals surface area (Å²) in [6.07, 6.45) is 2.32. The van der Waals surface area contributed by atoms with Crippen molar-refractivity contribution in [2.45, 2.75) is 6.42 Å². The van der Waals surface area contributed by atoms with Crippen LogP contribution in [0.5, 0.6) is 0 Å². The Morgan fingerprint density at radius 3 is 2.52 bits per heavy atom. The molecule has 2 aromatic carbocycles. The Kier molecular flexibility index (Phi) is 5.59. The van der Waals surface area contributed by atoms with Crippen LogP contribution in [-0.2, 0) is 6.42 Å². The number of carbonyl (C=O) groups excluding carboxylic acids is 1. The molecule has 0 fully saturated rings. The zero-order valence-corrected chi connectivity index (χ0v) is 17.6. The molecule has 3 heterocycles. The average molecular weight is 437 g/mol. The molecule has 162 valence electrons. The third-order valence-electron chi connectivity index (χ3n) is 5.27. The van der Waals surface area contributed by atoms with Gasteiger partial charge in [-0.1, -0.05) is 48.5 Å². The van der Waals surface area contributed by atoms with Gasteiger partial charge in [0.25, 0.3) is 5.91 Å². The predicted octanol–water partition coefficient (Wildman–Crippen LogP) is 4.57. The third-order valence-corrected chi connectivity index (χ3v) is 5.27. The lowest BCUT2D eigenvalue weighted by molar-refractivity contribution is 0.0949. The molecule has 5 rings (SSSR count). The number of pyridine rings is 1. The molecule has 0 unspecified atom stereocenters. The number of hydrogen-bond donors (Lipinski definition) is 1. The van der Waals surface area contributed by atoms with Gasteiger partial charge >= 0.3 is 0 Å². The zero-order chi connectivity index (χ0) is 22.6. The second-order valence-corrected chi connectivity index (χ2v) is 7.50. The number of benzene rings is 2. The molecule has 33 heavy (non-hydrogen) atoms. The van der Waals surface area contributed by atoms with Gasteiger partial charge < -0.3 is 5.32 Å². The molecule has 7 heteroatoms. The lowest BCUT2D eigenvalue weighted by Gasteiger charge is -2.10. The van der Waals surface area contributed by atoms with Gasteiger partial charge in [-0.3, -0.25) is 9.78 Å². The highest BCUT2D eigenvalue weighted by Gasteiger charge is 2.18. The van der Waals surface area contributed by atoms with Crippen LogP contribution in [0.25, 0.3) is 28.2 Å². The highest BCUT2D eigenvalue weighted by Crippen LogP contribution is 2.27. The van der Waals surface area contributed by atoms with E-state index in [1.54, 1.807) is 41.0 Å². The van der Waals surface area contributed by atoms with Crippen molar-refractivity contribution in [2.24, 2.45) is 0 Å². The van der Waals surface area contributed by atoms with E-state index >= 15 is 0 Å². The molecule has 0 aliphatic heterocycles. The summed E-state index contributed by atoms with van der Waals surface area (Å²) in [7, 11) is 0. The van der Waals surface area contributed by atoms with Gasteiger partial charge in [-0.15, -0.1) is 0 Å². The first-order valence-corrected chi connectivity index (χ1v) is 10.6. The van der Waals surface area contributed by atoms with Gasteiger partial charge in [0.05, 0.1) is 11.4 Å². The molecule has 0 saturated heterocycles. The minimum Gasteiger partial charge on any atom is -0.350 e. The van der Waals surface area contributed by atoms with Gasteiger partial charge in [0, 0.05) is 42.0 Å². The fourth-order valence-electron chi connectivity index (χ4n) is 3.64.